The normalized spacial score (nSPS) is 11.3. The topological polar surface area (TPSA) is 29.1 Å². The zero-order valence-electron chi connectivity index (χ0n) is 10.3. The van der Waals surface area contributed by atoms with Crippen LogP contribution in [0.15, 0.2) is 42.5 Å². The Morgan fingerprint density at radius 1 is 0.952 bits per heavy atom. The average molecular weight is 334 g/mol. The first-order valence-corrected chi connectivity index (χ1v) is 6.46. The lowest BCUT2D eigenvalue weighted by atomic mass is 10.2. The van der Waals surface area contributed by atoms with Gasteiger partial charge < -0.3 is 5.32 Å². The summed E-state index contributed by atoms with van der Waals surface area (Å²) in [4.78, 5) is 11.9. The Kier molecular flexibility index (Phi) is 4.44. The minimum absolute atomic E-state index is 0.219. The fraction of sp³-hybridized carbons (Fsp3) is 0.0714. The first kappa shape index (κ1) is 15.7. The van der Waals surface area contributed by atoms with Crippen molar-refractivity contribution in [1.29, 1.82) is 0 Å². The molecule has 0 spiro atoms. The van der Waals surface area contributed by atoms with Crippen LogP contribution in [0.5, 0.6) is 0 Å². The van der Waals surface area contributed by atoms with Gasteiger partial charge in [-0.15, -0.1) is 0 Å². The van der Waals surface area contributed by atoms with E-state index < -0.39 is 17.6 Å². The second kappa shape index (κ2) is 5.95. The molecular formula is C14H8Cl2F3NO. The van der Waals surface area contributed by atoms with Gasteiger partial charge in [-0.25, -0.2) is 0 Å². The van der Waals surface area contributed by atoms with Crippen molar-refractivity contribution in [3.8, 4) is 0 Å². The molecule has 0 aliphatic rings. The zero-order valence-corrected chi connectivity index (χ0v) is 11.9. The predicted octanol–water partition coefficient (Wildman–Crippen LogP) is 5.26. The van der Waals surface area contributed by atoms with Gasteiger partial charge in [-0.3, -0.25) is 4.79 Å². The summed E-state index contributed by atoms with van der Waals surface area (Å²) < 4.78 is 37.2. The number of nitrogens with one attached hydrogen (secondary N) is 1. The second-order valence-electron chi connectivity index (χ2n) is 4.16. The highest BCUT2D eigenvalue weighted by molar-refractivity contribution is 6.42. The van der Waals surface area contributed by atoms with E-state index in [1.807, 2.05) is 0 Å². The number of carbonyl (C=O) groups is 1. The van der Waals surface area contributed by atoms with Crippen molar-refractivity contribution < 1.29 is 18.0 Å². The molecule has 0 fully saturated rings. The molecule has 1 amide bonds. The number of alkyl halides is 3. The number of rotatable bonds is 2. The number of hydrogen-bond acceptors (Lipinski definition) is 1. The molecule has 2 aromatic carbocycles. The molecule has 0 atom stereocenters. The van der Waals surface area contributed by atoms with Gasteiger partial charge in [0.2, 0.25) is 0 Å². The fourth-order valence-corrected chi connectivity index (χ4v) is 1.88. The first-order chi connectivity index (χ1) is 9.77. The largest absolute Gasteiger partial charge is 0.416 e. The van der Waals surface area contributed by atoms with Gasteiger partial charge in [0, 0.05) is 11.3 Å². The molecule has 110 valence electrons. The molecule has 0 aliphatic carbocycles. The molecule has 0 radical (unpaired) electrons. The summed E-state index contributed by atoms with van der Waals surface area (Å²) >= 11 is 11.5. The monoisotopic (exact) mass is 333 g/mol. The Morgan fingerprint density at radius 3 is 2.10 bits per heavy atom. The van der Waals surface area contributed by atoms with Crippen LogP contribution < -0.4 is 5.32 Å². The van der Waals surface area contributed by atoms with E-state index in [9.17, 15) is 18.0 Å². The molecule has 0 unspecified atom stereocenters. The Bertz CT molecular complexity index is 669. The summed E-state index contributed by atoms with van der Waals surface area (Å²) in [6.07, 6.45) is -4.41. The Morgan fingerprint density at radius 2 is 1.57 bits per heavy atom. The van der Waals surface area contributed by atoms with E-state index >= 15 is 0 Å². The predicted molar refractivity (Wildman–Crippen MR) is 75.9 cm³/mol. The van der Waals surface area contributed by atoms with Gasteiger partial charge >= 0.3 is 6.18 Å². The summed E-state index contributed by atoms with van der Waals surface area (Å²) in [5, 5.41) is 3.00. The smallest absolute Gasteiger partial charge is 0.322 e. The minimum atomic E-state index is -4.41. The Balaban J connectivity index is 2.14. The van der Waals surface area contributed by atoms with Crippen LogP contribution in [0.4, 0.5) is 18.9 Å². The molecule has 0 aliphatic heterocycles. The molecule has 2 nitrogen and oxygen atoms in total. The number of benzene rings is 2. The maximum atomic E-state index is 12.4. The molecule has 0 saturated heterocycles. The molecule has 0 saturated carbocycles. The van der Waals surface area contributed by atoms with Crippen molar-refractivity contribution in [2.45, 2.75) is 6.18 Å². The van der Waals surface area contributed by atoms with E-state index in [1.165, 1.54) is 30.3 Å². The van der Waals surface area contributed by atoms with E-state index in [0.29, 0.717) is 5.02 Å². The van der Waals surface area contributed by atoms with E-state index in [-0.39, 0.29) is 16.3 Å². The SMILES string of the molecule is O=C(Nc1ccc(C(F)(F)F)cc1)c1ccc(Cl)c(Cl)c1. The maximum Gasteiger partial charge on any atom is 0.416 e. The third-order valence-electron chi connectivity index (χ3n) is 2.65. The fourth-order valence-electron chi connectivity index (χ4n) is 1.58. The van der Waals surface area contributed by atoms with Gasteiger partial charge in [-0.2, -0.15) is 13.2 Å². The highest BCUT2D eigenvalue weighted by Crippen LogP contribution is 2.30. The first-order valence-electron chi connectivity index (χ1n) is 5.71. The van der Waals surface area contributed by atoms with Crippen molar-refractivity contribution >= 4 is 34.8 Å². The summed E-state index contributed by atoms with van der Waals surface area (Å²) in [5.74, 6) is -0.492. The van der Waals surface area contributed by atoms with Crippen LogP contribution in [-0.4, -0.2) is 5.91 Å². The highest BCUT2D eigenvalue weighted by atomic mass is 35.5. The molecule has 21 heavy (non-hydrogen) atoms. The average Bonchev–Trinajstić information content (AvgIpc) is 2.41. The van der Waals surface area contributed by atoms with Gasteiger partial charge in [0.1, 0.15) is 0 Å². The van der Waals surface area contributed by atoms with E-state index in [4.69, 9.17) is 23.2 Å². The van der Waals surface area contributed by atoms with Crippen LogP contribution in [0.25, 0.3) is 0 Å². The molecule has 0 heterocycles. The number of carbonyl (C=O) groups excluding carboxylic acids is 1. The lowest BCUT2D eigenvalue weighted by Gasteiger charge is -2.09. The van der Waals surface area contributed by atoms with Crippen LogP contribution in [0.3, 0.4) is 0 Å². The van der Waals surface area contributed by atoms with Gasteiger partial charge in [0.25, 0.3) is 5.91 Å². The maximum absolute atomic E-state index is 12.4. The van der Waals surface area contributed by atoms with Crippen LogP contribution in [0, 0.1) is 0 Å². The summed E-state index contributed by atoms with van der Waals surface area (Å²) in [6.45, 7) is 0. The lowest BCUT2D eigenvalue weighted by Crippen LogP contribution is -2.12. The summed E-state index contributed by atoms with van der Waals surface area (Å²) in [5.41, 5.74) is -0.279. The van der Waals surface area contributed by atoms with E-state index in [1.54, 1.807) is 0 Å². The van der Waals surface area contributed by atoms with Crippen LogP contribution in [0.1, 0.15) is 15.9 Å². The van der Waals surface area contributed by atoms with Gasteiger partial charge in [0.15, 0.2) is 0 Å². The van der Waals surface area contributed by atoms with E-state index in [2.05, 4.69) is 5.32 Å². The van der Waals surface area contributed by atoms with Gasteiger partial charge in [0.05, 0.1) is 15.6 Å². The van der Waals surface area contributed by atoms with Crippen molar-refractivity contribution in [2.24, 2.45) is 0 Å². The molecule has 0 aromatic heterocycles. The van der Waals surface area contributed by atoms with Crippen LogP contribution in [-0.2, 0) is 6.18 Å². The minimum Gasteiger partial charge on any atom is -0.322 e. The van der Waals surface area contributed by atoms with Crippen molar-refractivity contribution in [3.05, 3.63) is 63.6 Å². The summed E-state index contributed by atoms with van der Waals surface area (Å²) in [6, 6.07) is 8.45. The number of amides is 1. The van der Waals surface area contributed by atoms with E-state index in [0.717, 1.165) is 12.1 Å². The van der Waals surface area contributed by atoms with Crippen molar-refractivity contribution in [3.63, 3.8) is 0 Å². The number of hydrogen-bond donors (Lipinski definition) is 1. The molecule has 1 N–H and O–H groups in total. The quantitative estimate of drug-likeness (QED) is 0.797. The molecule has 7 heteroatoms. The molecule has 2 rings (SSSR count). The molecular weight excluding hydrogens is 326 g/mol. The Labute approximate surface area is 128 Å². The third kappa shape index (κ3) is 3.89. The van der Waals surface area contributed by atoms with Crippen LogP contribution >= 0.6 is 23.2 Å². The third-order valence-corrected chi connectivity index (χ3v) is 3.39. The summed E-state index contributed by atoms with van der Waals surface area (Å²) in [7, 11) is 0. The lowest BCUT2D eigenvalue weighted by molar-refractivity contribution is -0.137. The zero-order chi connectivity index (χ0) is 15.6. The van der Waals surface area contributed by atoms with Gasteiger partial charge in [-0.05, 0) is 42.5 Å². The molecule has 2 aromatic rings. The molecule has 0 bridgehead atoms. The van der Waals surface area contributed by atoms with Crippen molar-refractivity contribution in [1.82, 2.24) is 0 Å². The second-order valence-corrected chi connectivity index (χ2v) is 4.97. The number of anilines is 1. The van der Waals surface area contributed by atoms with Gasteiger partial charge in [-0.1, -0.05) is 23.2 Å². The van der Waals surface area contributed by atoms with Crippen LogP contribution in [0.2, 0.25) is 10.0 Å². The standard InChI is InChI=1S/C14H8Cl2F3NO/c15-11-6-1-8(7-12(11)16)13(21)20-10-4-2-9(3-5-10)14(17,18)19/h1-7H,(H,20,21). The number of halogens is 5. The Hall–Kier alpha value is -1.72. The van der Waals surface area contributed by atoms with Crippen molar-refractivity contribution in [2.75, 3.05) is 5.32 Å². The highest BCUT2D eigenvalue weighted by Gasteiger charge is 2.29.